The van der Waals surface area contributed by atoms with Crippen molar-refractivity contribution in [2.45, 2.75) is 79.1 Å². The second-order valence-corrected chi connectivity index (χ2v) is 6.01. The van der Waals surface area contributed by atoms with Crippen LogP contribution >= 0.6 is 0 Å². The van der Waals surface area contributed by atoms with Gasteiger partial charge < -0.3 is 0 Å². The van der Waals surface area contributed by atoms with Crippen molar-refractivity contribution in [2.75, 3.05) is 0 Å². The highest BCUT2D eigenvalue weighted by Crippen LogP contribution is 2.19. The van der Waals surface area contributed by atoms with Crippen molar-refractivity contribution < 1.29 is 0 Å². The topological polar surface area (TPSA) is 0 Å². The minimum absolute atomic E-state index is 0.870. The average Bonchev–Trinajstić information content (AvgIpc) is 2.25. The van der Waals surface area contributed by atoms with Crippen LogP contribution in [-0.4, -0.2) is 0 Å². The van der Waals surface area contributed by atoms with E-state index in [0.29, 0.717) is 0 Å². The molecule has 0 bridgehead atoms. The third kappa shape index (κ3) is 12.0. The molecule has 1 unspecified atom stereocenters. The van der Waals surface area contributed by atoms with Crippen LogP contribution in [0.4, 0.5) is 0 Å². The van der Waals surface area contributed by atoms with E-state index in [1.54, 1.807) is 5.57 Å². The lowest BCUT2D eigenvalue weighted by atomic mass is 9.94. The number of allylic oxidation sites excluding steroid dienone is 2. The fraction of sp³-hybridized carbons (Fsp3) is 0.824. The molecule has 17 heavy (non-hydrogen) atoms. The maximum atomic E-state index is 3.87. The molecule has 0 aliphatic heterocycles. The van der Waals surface area contributed by atoms with Gasteiger partial charge in [-0.3, -0.25) is 0 Å². The van der Waals surface area contributed by atoms with E-state index >= 15 is 0 Å². The average molecular weight is 237 g/mol. The molecule has 0 spiro atoms. The molecule has 0 aromatic rings. The third-order valence-electron chi connectivity index (χ3n) is 3.44. The van der Waals surface area contributed by atoms with Crippen LogP contribution in [0, 0.1) is 18.8 Å². The van der Waals surface area contributed by atoms with Gasteiger partial charge in [-0.2, -0.15) is 0 Å². The predicted molar refractivity (Wildman–Crippen MR) is 80.1 cm³/mol. The summed E-state index contributed by atoms with van der Waals surface area (Å²) in [6.45, 7) is 13.2. The van der Waals surface area contributed by atoms with Crippen LogP contribution in [0.25, 0.3) is 0 Å². The van der Waals surface area contributed by atoms with Gasteiger partial charge in [0.25, 0.3) is 0 Å². The quantitative estimate of drug-likeness (QED) is 0.398. The Balaban J connectivity index is 3.47. The van der Waals surface area contributed by atoms with E-state index in [-0.39, 0.29) is 0 Å². The molecule has 0 fully saturated rings. The van der Waals surface area contributed by atoms with Gasteiger partial charge in [-0.1, -0.05) is 65.0 Å². The number of unbranched alkanes of at least 4 members (excludes halogenated alkanes) is 1. The second kappa shape index (κ2) is 10.9. The van der Waals surface area contributed by atoms with Gasteiger partial charge in [-0.15, -0.1) is 0 Å². The Kier molecular flexibility index (Phi) is 10.7. The predicted octanol–water partition coefficient (Wildman–Crippen LogP) is 6.18. The Morgan fingerprint density at radius 3 is 2.29 bits per heavy atom. The molecule has 0 rings (SSSR count). The Morgan fingerprint density at radius 1 is 1.06 bits per heavy atom. The summed E-state index contributed by atoms with van der Waals surface area (Å²) in [6.07, 6.45) is 12.8. The van der Waals surface area contributed by atoms with Crippen LogP contribution in [0.2, 0.25) is 0 Å². The van der Waals surface area contributed by atoms with Gasteiger partial charge in [0, 0.05) is 0 Å². The Bertz CT molecular complexity index is 188. The van der Waals surface area contributed by atoms with Crippen molar-refractivity contribution in [1.29, 1.82) is 0 Å². The molecular formula is C17H33. The van der Waals surface area contributed by atoms with Gasteiger partial charge in [0.15, 0.2) is 0 Å². The molecule has 0 aliphatic rings. The lowest BCUT2D eigenvalue weighted by molar-refractivity contribution is 0.427. The molecule has 0 heteroatoms. The molecule has 0 heterocycles. The van der Waals surface area contributed by atoms with Crippen LogP contribution in [0.3, 0.4) is 0 Å². The van der Waals surface area contributed by atoms with Crippen molar-refractivity contribution in [3.05, 3.63) is 18.6 Å². The fourth-order valence-corrected chi connectivity index (χ4v) is 2.20. The zero-order chi connectivity index (χ0) is 13.1. The van der Waals surface area contributed by atoms with Crippen LogP contribution in [0.1, 0.15) is 79.1 Å². The number of hydrogen-bond acceptors (Lipinski definition) is 0. The minimum Gasteiger partial charge on any atom is -0.0856 e. The highest BCUT2D eigenvalue weighted by atomic mass is 14.1. The van der Waals surface area contributed by atoms with E-state index in [1.165, 1.54) is 38.5 Å². The Hall–Kier alpha value is -0.260. The van der Waals surface area contributed by atoms with E-state index in [0.717, 1.165) is 24.7 Å². The molecular weight excluding hydrogens is 204 g/mol. The summed E-state index contributed by atoms with van der Waals surface area (Å²) >= 11 is 0. The summed E-state index contributed by atoms with van der Waals surface area (Å²) < 4.78 is 0. The first-order chi connectivity index (χ1) is 8.06. The standard InChI is InChI=1S/C17H33/c1-6-7-11-16(4)13-9-14-17(5)12-8-10-15(2)3/h11,15,17H,1,6-10,12-14H2,2-5H3/b16-11+. The molecule has 0 N–H and O–H groups in total. The Labute approximate surface area is 110 Å². The first kappa shape index (κ1) is 16.7. The summed E-state index contributed by atoms with van der Waals surface area (Å²) in [5, 5.41) is 0. The van der Waals surface area contributed by atoms with Crippen LogP contribution in [0.5, 0.6) is 0 Å². The molecule has 0 aromatic heterocycles. The molecule has 0 saturated carbocycles. The summed E-state index contributed by atoms with van der Waals surface area (Å²) in [5.74, 6) is 1.78. The first-order valence-corrected chi connectivity index (χ1v) is 7.51. The Morgan fingerprint density at radius 2 is 1.71 bits per heavy atom. The molecule has 0 saturated heterocycles. The van der Waals surface area contributed by atoms with Crippen molar-refractivity contribution in [1.82, 2.24) is 0 Å². The van der Waals surface area contributed by atoms with Gasteiger partial charge in [0.2, 0.25) is 0 Å². The van der Waals surface area contributed by atoms with Crippen LogP contribution in [0.15, 0.2) is 11.6 Å². The molecule has 1 atom stereocenters. The van der Waals surface area contributed by atoms with Crippen molar-refractivity contribution in [3.63, 3.8) is 0 Å². The summed E-state index contributed by atoms with van der Waals surface area (Å²) in [4.78, 5) is 0. The van der Waals surface area contributed by atoms with Crippen molar-refractivity contribution >= 4 is 0 Å². The van der Waals surface area contributed by atoms with E-state index in [2.05, 4.69) is 40.7 Å². The maximum Gasteiger partial charge on any atom is -0.0323 e. The lowest BCUT2D eigenvalue weighted by Gasteiger charge is -2.12. The number of hydrogen-bond donors (Lipinski definition) is 0. The van der Waals surface area contributed by atoms with E-state index in [1.807, 2.05) is 0 Å². The first-order valence-electron chi connectivity index (χ1n) is 7.51. The van der Waals surface area contributed by atoms with Crippen LogP contribution in [-0.2, 0) is 0 Å². The second-order valence-electron chi connectivity index (χ2n) is 6.01. The highest BCUT2D eigenvalue weighted by molar-refractivity contribution is 4.97. The zero-order valence-corrected chi connectivity index (χ0v) is 12.6. The minimum atomic E-state index is 0.870. The maximum absolute atomic E-state index is 3.87. The largest absolute Gasteiger partial charge is 0.0856 e. The summed E-state index contributed by atoms with van der Waals surface area (Å²) in [5.41, 5.74) is 1.56. The molecule has 0 aliphatic carbocycles. The van der Waals surface area contributed by atoms with E-state index in [4.69, 9.17) is 0 Å². The molecule has 0 aromatic carbocycles. The monoisotopic (exact) mass is 237 g/mol. The van der Waals surface area contributed by atoms with E-state index in [9.17, 15) is 0 Å². The van der Waals surface area contributed by atoms with Crippen molar-refractivity contribution in [2.24, 2.45) is 11.8 Å². The van der Waals surface area contributed by atoms with E-state index < -0.39 is 0 Å². The normalized spacial score (nSPS) is 14.4. The molecule has 0 nitrogen and oxygen atoms in total. The summed E-state index contributed by atoms with van der Waals surface area (Å²) in [6, 6.07) is 0. The van der Waals surface area contributed by atoms with Gasteiger partial charge in [-0.25, -0.2) is 0 Å². The van der Waals surface area contributed by atoms with Crippen LogP contribution < -0.4 is 0 Å². The van der Waals surface area contributed by atoms with Gasteiger partial charge in [0.1, 0.15) is 0 Å². The van der Waals surface area contributed by atoms with Gasteiger partial charge in [-0.05, 0) is 44.4 Å². The zero-order valence-electron chi connectivity index (χ0n) is 12.6. The summed E-state index contributed by atoms with van der Waals surface area (Å²) in [7, 11) is 0. The third-order valence-corrected chi connectivity index (χ3v) is 3.44. The fourth-order valence-electron chi connectivity index (χ4n) is 2.20. The smallest absolute Gasteiger partial charge is 0.0323 e. The molecule has 1 radical (unpaired) electrons. The molecule has 0 amide bonds. The lowest BCUT2D eigenvalue weighted by Crippen LogP contribution is -1.97. The van der Waals surface area contributed by atoms with Gasteiger partial charge in [0.05, 0.1) is 0 Å². The molecule has 101 valence electrons. The number of rotatable bonds is 10. The van der Waals surface area contributed by atoms with Gasteiger partial charge >= 0.3 is 0 Å². The SMILES string of the molecule is [CH2]CC/C=C(\C)CCCC(C)CCCC(C)C. The van der Waals surface area contributed by atoms with Crippen molar-refractivity contribution in [3.8, 4) is 0 Å². The highest BCUT2D eigenvalue weighted by Gasteiger charge is 2.03.